The molecule has 28 heavy (non-hydrogen) atoms. The Balaban J connectivity index is 2.19. The van der Waals surface area contributed by atoms with E-state index in [2.05, 4.69) is 5.32 Å². The maximum Gasteiger partial charge on any atom is 0.242 e. The molecule has 0 aromatic heterocycles. The van der Waals surface area contributed by atoms with Crippen LogP contribution in [-0.2, 0) is 22.6 Å². The van der Waals surface area contributed by atoms with Crippen molar-refractivity contribution < 1.29 is 14.0 Å². The zero-order valence-corrected chi connectivity index (χ0v) is 17.0. The molecule has 0 aliphatic carbocycles. The van der Waals surface area contributed by atoms with E-state index in [4.69, 9.17) is 11.6 Å². The summed E-state index contributed by atoms with van der Waals surface area (Å²) in [5, 5.41) is 3.43. The summed E-state index contributed by atoms with van der Waals surface area (Å²) in [6.07, 6.45) is 1.94. The van der Waals surface area contributed by atoms with Gasteiger partial charge in [-0.2, -0.15) is 0 Å². The van der Waals surface area contributed by atoms with Gasteiger partial charge in [-0.15, -0.1) is 0 Å². The zero-order chi connectivity index (χ0) is 20.5. The first kappa shape index (κ1) is 21.9. The number of nitrogens with one attached hydrogen (secondary N) is 1. The van der Waals surface area contributed by atoms with E-state index in [9.17, 15) is 14.0 Å². The summed E-state index contributed by atoms with van der Waals surface area (Å²) >= 11 is 5.90. The number of hydrogen-bond acceptors (Lipinski definition) is 2. The standard InChI is InChI=1S/C22H26ClFN2O2/c1-3-4-13-25-22(28)16(2)26(15-18-7-5-6-8-20(18)24)21(27)14-17-9-11-19(23)12-10-17/h5-12,16H,3-4,13-15H2,1-2H3,(H,25,28)/t16-/m1/s1. The molecule has 0 spiro atoms. The first-order chi connectivity index (χ1) is 13.4. The molecule has 0 saturated heterocycles. The fourth-order valence-corrected chi connectivity index (χ4v) is 2.93. The average Bonchev–Trinajstić information content (AvgIpc) is 2.68. The Labute approximate surface area is 170 Å². The lowest BCUT2D eigenvalue weighted by atomic mass is 10.1. The van der Waals surface area contributed by atoms with Crippen molar-refractivity contribution in [2.45, 2.75) is 45.7 Å². The minimum Gasteiger partial charge on any atom is -0.354 e. The number of halogens is 2. The highest BCUT2D eigenvalue weighted by Crippen LogP contribution is 2.16. The van der Waals surface area contributed by atoms with Crippen molar-refractivity contribution in [2.24, 2.45) is 0 Å². The van der Waals surface area contributed by atoms with Gasteiger partial charge in [0.2, 0.25) is 11.8 Å². The van der Waals surface area contributed by atoms with E-state index in [1.807, 2.05) is 6.92 Å². The molecule has 0 radical (unpaired) electrons. The Hall–Kier alpha value is -2.40. The van der Waals surface area contributed by atoms with E-state index in [0.29, 0.717) is 17.1 Å². The summed E-state index contributed by atoms with van der Waals surface area (Å²) in [7, 11) is 0. The van der Waals surface area contributed by atoms with Crippen LogP contribution in [0.4, 0.5) is 4.39 Å². The molecule has 6 heteroatoms. The van der Waals surface area contributed by atoms with E-state index < -0.39 is 11.9 Å². The second-order valence-electron chi connectivity index (χ2n) is 6.74. The molecule has 0 fully saturated rings. The van der Waals surface area contributed by atoms with Crippen LogP contribution in [0, 0.1) is 5.82 Å². The average molecular weight is 405 g/mol. The first-order valence-electron chi connectivity index (χ1n) is 9.47. The number of benzene rings is 2. The largest absolute Gasteiger partial charge is 0.354 e. The molecule has 2 rings (SSSR count). The summed E-state index contributed by atoms with van der Waals surface area (Å²) in [6.45, 7) is 4.29. The van der Waals surface area contributed by atoms with Gasteiger partial charge in [-0.25, -0.2) is 4.39 Å². The van der Waals surface area contributed by atoms with E-state index in [1.54, 1.807) is 49.4 Å². The molecule has 0 unspecified atom stereocenters. The molecule has 0 bridgehead atoms. The van der Waals surface area contributed by atoms with Gasteiger partial charge in [0.15, 0.2) is 0 Å². The Morgan fingerprint density at radius 1 is 1.14 bits per heavy atom. The smallest absolute Gasteiger partial charge is 0.242 e. The molecule has 0 saturated carbocycles. The minimum absolute atomic E-state index is 0.0292. The van der Waals surface area contributed by atoms with Crippen molar-refractivity contribution in [3.05, 3.63) is 70.5 Å². The van der Waals surface area contributed by atoms with Crippen LogP contribution in [0.25, 0.3) is 0 Å². The van der Waals surface area contributed by atoms with Gasteiger partial charge in [-0.3, -0.25) is 9.59 Å². The van der Waals surface area contributed by atoms with Gasteiger partial charge in [-0.1, -0.05) is 55.3 Å². The van der Waals surface area contributed by atoms with Crippen LogP contribution in [0.3, 0.4) is 0 Å². The van der Waals surface area contributed by atoms with Crippen molar-refractivity contribution in [1.82, 2.24) is 10.2 Å². The monoisotopic (exact) mass is 404 g/mol. The van der Waals surface area contributed by atoms with Crippen LogP contribution in [0.2, 0.25) is 5.02 Å². The van der Waals surface area contributed by atoms with Gasteiger partial charge in [0.05, 0.1) is 6.42 Å². The molecule has 2 amide bonds. The summed E-state index contributed by atoms with van der Waals surface area (Å²) < 4.78 is 14.1. The fourth-order valence-electron chi connectivity index (χ4n) is 2.81. The Bertz CT molecular complexity index is 795. The maximum atomic E-state index is 14.1. The van der Waals surface area contributed by atoms with Gasteiger partial charge in [-0.05, 0) is 37.1 Å². The molecule has 150 valence electrons. The Morgan fingerprint density at radius 2 is 1.82 bits per heavy atom. The van der Waals surface area contributed by atoms with E-state index in [-0.39, 0.29) is 24.8 Å². The molecular weight excluding hydrogens is 379 g/mol. The third kappa shape index (κ3) is 6.34. The number of nitrogens with zero attached hydrogens (tertiary/aromatic N) is 1. The molecule has 4 nitrogen and oxygen atoms in total. The first-order valence-corrected chi connectivity index (χ1v) is 9.85. The predicted molar refractivity (Wildman–Crippen MR) is 109 cm³/mol. The van der Waals surface area contributed by atoms with E-state index in [1.165, 1.54) is 11.0 Å². The van der Waals surface area contributed by atoms with Gasteiger partial charge in [0, 0.05) is 23.7 Å². The molecule has 2 aromatic rings. The van der Waals surface area contributed by atoms with Gasteiger partial charge >= 0.3 is 0 Å². The topological polar surface area (TPSA) is 49.4 Å². The minimum atomic E-state index is -0.712. The van der Waals surface area contributed by atoms with Crippen LogP contribution in [0.1, 0.15) is 37.8 Å². The molecule has 2 aromatic carbocycles. The highest BCUT2D eigenvalue weighted by atomic mass is 35.5. The normalized spacial score (nSPS) is 11.7. The number of amides is 2. The van der Waals surface area contributed by atoms with E-state index >= 15 is 0 Å². The quantitative estimate of drug-likeness (QED) is 0.631. The van der Waals surface area contributed by atoms with Crippen LogP contribution in [0.15, 0.2) is 48.5 Å². The highest BCUT2D eigenvalue weighted by molar-refractivity contribution is 6.30. The molecule has 0 aliphatic rings. The van der Waals surface area contributed by atoms with Gasteiger partial charge < -0.3 is 10.2 Å². The maximum absolute atomic E-state index is 14.1. The van der Waals surface area contributed by atoms with E-state index in [0.717, 1.165) is 18.4 Å². The summed E-state index contributed by atoms with van der Waals surface area (Å²) in [5.41, 5.74) is 1.16. The molecule has 0 heterocycles. The highest BCUT2D eigenvalue weighted by Gasteiger charge is 2.26. The number of carbonyl (C=O) groups excluding carboxylic acids is 2. The van der Waals surface area contributed by atoms with Crippen LogP contribution in [-0.4, -0.2) is 29.3 Å². The van der Waals surface area contributed by atoms with Crippen molar-refractivity contribution in [1.29, 1.82) is 0 Å². The zero-order valence-electron chi connectivity index (χ0n) is 16.3. The number of carbonyl (C=O) groups is 2. The van der Waals surface area contributed by atoms with Crippen LogP contribution >= 0.6 is 11.6 Å². The summed E-state index contributed by atoms with van der Waals surface area (Å²) in [4.78, 5) is 26.9. The molecular formula is C22H26ClFN2O2. The van der Waals surface area contributed by atoms with Crippen molar-refractivity contribution in [3.8, 4) is 0 Å². The lowest BCUT2D eigenvalue weighted by Crippen LogP contribution is -2.48. The number of hydrogen-bond donors (Lipinski definition) is 1. The summed E-state index contributed by atoms with van der Waals surface area (Å²) in [6, 6.07) is 12.5. The number of unbranched alkanes of at least 4 members (excludes halogenated alkanes) is 1. The predicted octanol–water partition coefficient (Wildman–Crippen LogP) is 4.36. The molecule has 1 N–H and O–H groups in total. The Kier molecular flexibility index (Phi) is 8.45. The van der Waals surface area contributed by atoms with Crippen molar-refractivity contribution in [3.63, 3.8) is 0 Å². The van der Waals surface area contributed by atoms with Crippen molar-refractivity contribution in [2.75, 3.05) is 6.54 Å². The Morgan fingerprint density at radius 3 is 2.46 bits per heavy atom. The lowest BCUT2D eigenvalue weighted by molar-refractivity contribution is -0.140. The van der Waals surface area contributed by atoms with Crippen molar-refractivity contribution >= 4 is 23.4 Å². The SMILES string of the molecule is CCCCNC(=O)[C@@H](C)N(Cc1ccccc1F)C(=O)Cc1ccc(Cl)cc1. The lowest BCUT2D eigenvalue weighted by Gasteiger charge is -2.29. The second-order valence-corrected chi connectivity index (χ2v) is 7.17. The third-order valence-corrected chi connectivity index (χ3v) is 4.82. The third-order valence-electron chi connectivity index (χ3n) is 4.56. The van der Waals surface area contributed by atoms with Crippen LogP contribution in [0.5, 0.6) is 0 Å². The molecule has 1 atom stereocenters. The number of rotatable bonds is 9. The van der Waals surface area contributed by atoms with Crippen LogP contribution < -0.4 is 5.32 Å². The second kappa shape index (κ2) is 10.8. The van der Waals surface area contributed by atoms with Gasteiger partial charge in [0.1, 0.15) is 11.9 Å². The van der Waals surface area contributed by atoms with Gasteiger partial charge in [0.25, 0.3) is 0 Å². The summed E-state index contributed by atoms with van der Waals surface area (Å²) in [5.74, 6) is -0.886. The fraction of sp³-hybridized carbons (Fsp3) is 0.364. The molecule has 0 aliphatic heterocycles.